The molecule has 1 atom stereocenters. The highest BCUT2D eigenvalue weighted by Crippen LogP contribution is 2.17. The minimum Gasteiger partial charge on any atom is -0.462 e. The molecule has 0 aromatic heterocycles. The summed E-state index contributed by atoms with van der Waals surface area (Å²) in [7, 11) is 0. The molecule has 472 valence electrons. The Morgan fingerprint density at radius 2 is 0.439 bits per heavy atom. The first kappa shape index (κ1) is 78.3. The minimum absolute atomic E-state index is 0.0865. The Kier molecular flexibility index (Phi) is 66.7. The van der Waals surface area contributed by atoms with Gasteiger partial charge in [-0.1, -0.05) is 298 Å². The van der Waals surface area contributed by atoms with E-state index in [9.17, 15) is 14.4 Å². The maximum atomic E-state index is 12.9. The normalized spacial score (nSPS) is 12.7. The van der Waals surface area contributed by atoms with Gasteiger partial charge in [-0.25, -0.2) is 0 Å². The van der Waals surface area contributed by atoms with E-state index in [1.54, 1.807) is 0 Å². The van der Waals surface area contributed by atoms with Gasteiger partial charge in [-0.2, -0.15) is 0 Å². The van der Waals surface area contributed by atoms with Gasteiger partial charge < -0.3 is 14.2 Å². The molecule has 6 heteroatoms. The fourth-order valence-corrected chi connectivity index (χ4v) is 9.96. The highest BCUT2D eigenvalue weighted by Gasteiger charge is 2.19. The SMILES string of the molecule is CCCCC/C=C\C/C=C\C/C=C\CCCCCCCCC(=O)OC(COC(=O)CCCCCCC/C=C\C/C=C\CCCCCC)COC(=O)CCCCCCCCCCCCCCCC/C=C\C/C=C\C/C=C\CCCCCCC. The number of ether oxygens (including phenoxy) is 3. The molecular formula is C76H132O6. The van der Waals surface area contributed by atoms with Crippen molar-refractivity contribution in [2.75, 3.05) is 13.2 Å². The van der Waals surface area contributed by atoms with Gasteiger partial charge >= 0.3 is 17.9 Å². The second-order valence-electron chi connectivity index (χ2n) is 23.4. The van der Waals surface area contributed by atoms with Crippen molar-refractivity contribution in [1.82, 2.24) is 0 Å². The third kappa shape index (κ3) is 67.1. The van der Waals surface area contributed by atoms with E-state index in [-0.39, 0.29) is 31.1 Å². The predicted octanol–water partition coefficient (Wildman–Crippen LogP) is 24.4. The largest absolute Gasteiger partial charge is 0.462 e. The number of unbranched alkanes of at least 4 members (excludes halogenated alkanes) is 37. The van der Waals surface area contributed by atoms with E-state index in [4.69, 9.17) is 14.2 Å². The van der Waals surface area contributed by atoms with E-state index in [1.807, 2.05) is 0 Å². The van der Waals surface area contributed by atoms with Gasteiger partial charge in [0, 0.05) is 19.3 Å². The highest BCUT2D eigenvalue weighted by molar-refractivity contribution is 5.71. The van der Waals surface area contributed by atoms with Crippen LogP contribution in [0.5, 0.6) is 0 Å². The van der Waals surface area contributed by atoms with Crippen LogP contribution in [0, 0.1) is 0 Å². The van der Waals surface area contributed by atoms with Crippen LogP contribution in [0.1, 0.15) is 348 Å². The Hall–Kier alpha value is -3.67. The van der Waals surface area contributed by atoms with E-state index in [0.717, 1.165) is 116 Å². The monoisotopic (exact) mass is 1140 g/mol. The molecule has 0 fully saturated rings. The summed E-state index contributed by atoms with van der Waals surface area (Å²) in [6.45, 7) is 6.60. The topological polar surface area (TPSA) is 78.9 Å². The molecule has 0 aliphatic heterocycles. The predicted molar refractivity (Wildman–Crippen MR) is 357 cm³/mol. The molecule has 0 radical (unpaired) electrons. The molecule has 0 saturated heterocycles. The summed E-state index contributed by atoms with van der Waals surface area (Å²) in [6.07, 6.45) is 94.2. The summed E-state index contributed by atoms with van der Waals surface area (Å²) in [5.74, 6) is -0.900. The van der Waals surface area contributed by atoms with Crippen LogP contribution in [0.25, 0.3) is 0 Å². The molecule has 1 unspecified atom stereocenters. The molecule has 0 N–H and O–H groups in total. The summed E-state index contributed by atoms with van der Waals surface area (Å²) in [6, 6.07) is 0. The fraction of sp³-hybridized carbons (Fsp3) is 0.750. The lowest BCUT2D eigenvalue weighted by atomic mass is 10.0. The quantitative estimate of drug-likeness (QED) is 0.0261. The van der Waals surface area contributed by atoms with Gasteiger partial charge in [0.25, 0.3) is 0 Å². The second kappa shape index (κ2) is 69.8. The van der Waals surface area contributed by atoms with E-state index < -0.39 is 6.10 Å². The minimum atomic E-state index is -0.793. The summed E-state index contributed by atoms with van der Waals surface area (Å²) in [5, 5.41) is 0. The van der Waals surface area contributed by atoms with Gasteiger partial charge in [0.1, 0.15) is 13.2 Å². The van der Waals surface area contributed by atoms with Crippen molar-refractivity contribution in [3.05, 3.63) is 97.2 Å². The lowest BCUT2D eigenvalue weighted by molar-refractivity contribution is -0.167. The molecular weight excluding hydrogens is 1010 g/mol. The van der Waals surface area contributed by atoms with Gasteiger partial charge in [-0.15, -0.1) is 0 Å². The number of carbonyl (C=O) groups is 3. The van der Waals surface area contributed by atoms with Crippen molar-refractivity contribution in [3.63, 3.8) is 0 Å². The first-order chi connectivity index (χ1) is 40.5. The van der Waals surface area contributed by atoms with Crippen LogP contribution in [-0.4, -0.2) is 37.2 Å². The average Bonchev–Trinajstić information content (AvgIpc) is 3.47. The third-order valence-corrected chi connectivity index (χ3v) is 15.3. The standard InChI is InChI=1S/C76H132O6/c1-4-7-10-13-16-19-22-25-28-31-33-34-35-36-37-38-39-40-41-42-44-45-48-51-54-57-60-63-66-69-75(78)81-72-73(71-80-74(77)68-65-62-59-56-53-50-47-30-27-24-21-18-15-12-9-6-3)82-76(79)70-67-64-61-58-55-52-49-46-43-32-29-26-23-20-17-14-11-8-5-2/h17,20-22,24-26,29-31,33,35-36,43,46-47,73H,4-16,18-19,23,27-28,32,34,37-42,44-45,48-72H2,1-3H3/b20-17-,24-21-,25-22-,29-26-,33-31-,36-35-,46-43-,47-30-. The zero-order valence-electron chi connectivity index (χ0n) is 54.2. The number of hydrogen-bond acceptors (Lipinski definition) is 6. The van der Waals surface area contributed by atoms with Crippen LogP contribution in [0.15, 0.2) is 97.2 Å². The van der Waals surface area contributed by atoms with E-state index >= 15 is 0 Å². The van der Waals surface area contributed by atoms with Crippen molar-refractivity contribution < 1.29 is 28.6 Å². The van der Waals surface area contributed by atoms with Crippen molar-refractivity contribution in [3.8, 4) is 0 Å². The first-order valence-electron chi connectivity index (χ1n) is 35.2. The van der Waals surface area contributed by atoms with Crippen LogP contribution in [0.2, 0.25) is 0 Å². The zero-order valence-corrected chi connectivity index (χ0v) is 54.2. The molecule has 0 heterocycles. The van der Waals surface area contributed by atoms with Crippen molar-refractivity contribution in [1.29, 1.82) is 0 Å². The summed E-state index contributed by atoms with van der Waals surface area (Å²) in [4.78, 5) is 38.4. The smallest absolute Gasteiger partial charge is 0.306 e. The van der Waals surface area contributed by atoms with Crippen LogP contribution in [-0.2, 0) is 28.6 Å². The Labute approximate surface area is 508 Å². The van der Waals surface area contributed by atoms with Crippen LogP contribution in [0.4, 0.5) is 0 Å². The lowest BCUT2D eigenvalue weighted by Gasteiger charge is -2.18. The molecule has 0 rings (SSSR count). The van der Waals surface area contributed by atoms with Gasteiger partial charge in [0.05, 0.1) is 0 Å². The molecule has 0 saturated carbocycles. The Balaban J connectivity index is 4.32. The van der Waals surface area contributed by atoms with Crippen molar-refractivity contribution in [2.24, 2.45) is 0 Å². The maximum absolute atomic E-state index is 12.9. The Morgan fingerprint density at radius 1 is 0.244 bits per heavy atom. The fourth-order valence-electron chi connectivity index (χ4n) is 9.96. The molecule has 82 heavy (non-hydrogen) atoms. The molecule has 0 bridgehead atoms. The van der Waals surface area contributed by atoms with Gasteiger partial charge in [0.2, 0.25) is 0 Å². The Bertz CT molecular complexity index is 1590. The van der Waals surface area contributed by atoms with Crippen LogP contribution < -0.4 is 0 Å². The molecule has 0 aromatic carbocycles. The number of hydrogen-bond donors (Lipinski definition) is 0. The number of allylic oxidation sites excluding steroid dienone is 16. The first-order valence-corrected chi connectivity index (χ1v) is 35.2. The van der Waals surface area contributed by atoms with Crippen molar-refractivity contribution >= 4 is 17.9 Å². The zero-order chi connectivity index (χ0) is 59.2. The summed E-state index contributed by atoms with van der Waals surface area (Å²) in [5.41, 5.74) is 0. The van der Waals surface area contributed by atoms with E-state index in [0.29, 0.717) is 19.3 Å². The number of rotatable bonds is 64. The molecule has 0 spiro atoms. The van der Waals surface area contributed by atoms with Gasteiger partial charge in [-0.05, 0) is 128 Å². The molecule has 0 aliphatic carbocycles. The Morgan fingerprint density at radius 3 is 0.720 bits per heavy atom. The number of esters is 3. The summed E-state index contributed by atoms with van der Waals surface area (Å²) < 4.78 is 17.0. The van der Waals surface area contributed by atoms with Gasteiger partial charge in [-0.3, -0.25) is 14.4 Å². The molecule has 0 aromatic rings. The van der Waals surface area contributed by atoms with Crippen LogP contribution in [0.3, 0.4) is 0 Å². The maximum Gasteiger partial charge on any atom is 0.306 e. The van der Waals surface area contributed by atoms with Gasteiger partial charge in [0.15, 0.2) is 6.10 Å². The molecule has 0 amide bonds. The summed E-state index contributed by atoms with van der Waals surface area (Å²) >= 11 is 0. The number of carbonyl (C=O) groups excluding carboxylic acids is 3. The second-order valence-corrected chi connectivity index (χ2v) is 23.4. The van der Waals surface area contributed by atoms with E-state index in [1.165, 1.54) is 193 Å². The van der Waals surface area contributed by atoms with E-state index in [2.05, 4.69) is 118 Å². The molecule has 0 aliphatic rings. The highest BCUT2D eigenvalue weighted by atomic mass is 16.6. The average molecular weight is 1140 g/mol. The third-order valence-electron chi connectivity index (χ3n) is 15.3. The lowest BCUT2D eigenvalue weighted by Crippen LogP contribution is -2.30. The van der Waals surface area contributed by atoms with Crippen molar-refractivity contribution in [2.45, 2.75) is 354 Å². The molecule has 6 nitrogen and oxygen atoms in total. The van der Waals surface area contributed by atoms with Crippen LogP contribution >= 0.6 is 0 Å².